The molecule has 9 heteroatoms. The van der Waals surface area contributed by atoms with E-state index in [0.29, 0.717) is 30.3 Å². The molecule has 0 bridgehead atoms. The number of allylic oxidation sites excluding steroid dienone is 8. The van der Waals surface area contributed by atoms with Gasteiger partial charge in [-0.25, -0.2) is 4.57 Å². The number of hydrogen-bond donors (Lipinski definition) is 3. The fraction of sp³-hybridized carbons (Fsp3) is 0.800. The maximum absolute atomic E-state index is 12.8. The monoisotopic (exact) mass is 782 g/mol. The third kappa shape index (κ3) is 38.7. The van der Waals surface area contributed by atoms with Crippen LogP contribution >= 0.6 is 7.82 Å². The lowest BCUT2D eigenvalue weighted by Crippen LogP contribution is -2.46. The van der Waals surface area contributed by atoms with E-state index in [9.17, 15) is 19.4 Å². The van der Waals surface area contributed by atoms with Crippen molar-refractivity contribution in [2.24, 2.45) is 0 Å². The van der Waals surface area contributed by atoms with Crippen molar-refractivity contribution in [3.8, 4) is 0 Å². The van der Waals surface area contributed by atoms with E-state index in [-0.39, 0.29) is 19.1 Å². The number of rotatable bonds is 39. The van der Waals surface area contributed by atoms with Gasteiger partial charge in [-0.05, 0) is 51.4 Å². The average molecular weight is 782 g/mol. The topological polar surface area (TPSA) is 105 Å². The lowest BCUT2D eigenvalue weighted by molar-refractivity contribution is -0.870. The number of phosphoric acid groups is 1. The largest absolute Gasteiger partial charge is 0.472 e. The smallest absolute Gasteiger partial charge is 0.391 e. The summed E-state index contributed by atoms with van der Waals surface area (Å²) in [6.45, 7) is 4.82. The van der Waals surface area contributed by atoms with E-state index in [1.165, 1.54) is 103 Å². The van der Waals surface area contributed by atoms with Crippen LogP contribution in [0.25, 0.3) is 0 Å². The summed E-state index contributed by atoms with van der Waals surface area (Å²) in [4.78, 5) is 23.1. The molecule has 0 radical (unpaired) electrons. The van der Waals surface area contributed by atoms with Gasteiger partial charge in [-0.3, -0.25) is 13.8 Å². The van der Waals surface area contributed by atoms with Gasteiger partial charge in [-0.1, -0.05) is 172 Å². The third-order valence-electron chi connectivity index (χ3n) is 9.58. The average Bonchev–Trinajstić information content (AvgIpc) is 3.12. The molecule has 0 aliphatic rings. The minimum atomic E-state index is -4.33. The first-order chi connectivity index (χ1) is 26.0. The Bertz CT molecular complexity index is 1020. The van der Waals surface area contributed by atoms with E-state index in [1.54, 1.807) is 0 Å². The molecule has 1 amide bonds. The van der Waals surface area contributed by atoms with Gasteiger partial charge < -0.3 is 19.8 Å². The van der Waals surface area contributed by atoms with Crippen molar-refractivity contribution in [2.45, 2.75) is 193 Å². The van der Waals surface area contributed by atoms with E-state index in [2.05, 4.69) is 67.8 Å². The predicted octanol–water partition coefficient (Wildman–Crippen LogP) is 12.1. The van der Waals surface area contributed by atoms with Crippen molar-refractivity contribution in [3.05, 3.63) is 48.6 Å². The number of hydrogen-bond acceptors (Lipinski definition) is 5. The number of nitrogens with zero attached hydrogens (tertiary/aromatic N) is 1. The predicted molar refractivity (Wildman–Crippen MR) is 231 cm³/mol. The fourth-order valence-electron chi connectivity index (χ4n) is 6.04. The quantitative estimate of drug-likeness (QED) is 0.0248. The molecule has 1 unspecified atom stereocenters. The van der Waals surface area contributed by atoms with Crippen LogP contribution in [0.5, 0.6) is 0 Å². The van der Waals surface area contributed by atoms with Gasteiger partial charge in [0.2, 0.25) is 5.91 Å². The number of quaternary nitrogens is 1. The lowest BCUT2D eigenvalue weighted by Gasteiger charge is -2.26. The van der Waals surface area contributed by atoms with E-state index >= 15 is 0 Å². The second kappa shape index (κ2) is 37.1. The van der Waals surface area contributed by atoms with Crippen LogP contribution in [-0.4, -0.2) is 73.4 Å². The molecule has 0 aromatic carbocycles. The Morgan fingerprint density at radius 3 is 1.54 bits per heavy atom. The molecule has 8 nitrogen and oxygen atoms in total. The molecule has 0 aliphatic carbocycles. The molecule has 0 aromatic heterocycles. The Morgan fingerprint density at radius 1 is 0.630 bits per heavy atom. The standard InChI is InChI=1S/C45H85N2O6P/c1-6-8-10-12-14-16-18-19-20-21-22-23-24-25-26-27-29-31-33-35-37-39-45(49)46-43(42-53-54(50,51)52-41-40-47(3,4)5)44(48)38-36-34-32-30-28-17-15-13-11-9-7-2/h20-21,23-24,26-27,31,33,43-44,48H,6-19,22,25,28-30,32,34-42H2,1-5H3,(H-,46,49,50,51)/p+1/b21-20+,24-23+,27-26+,33-31+/t43-,44+/m0/s1. The highest BCUT2D eigenvalue weighted by molar-refractivity contribution is 7.47. The summed E-state index contributed by atoms with van der Waals surface area (Å²) >= 11 is 0. The summed E-state index contributed by atoms with van der Waals surface area (Å²) < 4.78 is 23.5. The summed E-state index contributed by atoms with van der Waals surface area (Å²) in [5, 5.41) is 13.9. The molecule has 0 saturated carbocycles. The van der Waals surface area contributed by atoms with Crippen molar-refractivity contribution in [3.63, 3.8) is 0 Å². The number of nitrogens with one attached hydrogen (secondary N) is 1. The Hall–Kier alpha value is -1.54. The van der Waals surface area contributed by atoms with Crippen LogP contribution in [0.15, 0.2) is 48.6 Å². The van der Waals surface area contributed by atoms with Crippen molar-refractivity contribution in [1.29, 1.82) is 0 Å². The Morgan fingerprint density at radius 2 is 1.06 bits per heavy atom. The number of likely N-dealkylation sites (N-methyl/N-ethyl adjacent to an activating group) is 1. The molecule has 0 heterocycles. The number of carbonyl (C=O) groups is 1. The van der Waals surface area contributed by atoms with Crippen molar-refractivity contribution in [1.82, 2.24) is 5.32 Å². The number of amides is 1. The van der Waals surface area contributed by atoms with Gasteiger partial charge in [0, 0.05) is 6.42 Å². The molecule has 0 spiro atoms. The molecule has 316 valence electrons. The zero-order valence-electron chi connectivity index (χ0n) is 35.7. The summed E-state index contributed by atoms with van der Waals surface area (Å²) in [5.74, 6) is -0.201. The highest BCUT2D eigenvalue weighted by Gasteiger charge is 2.28. The molecule has 3 atom stereocenters. The Labute approximate surface area is 333 Å². The van der Waals surface area contributed by atoms with Crippen LogP contribution in [0.1, 0.15) is 181 Å². The fourth-order valence-corrected chi connectivity index (χ4v) is 6.77. The van der Waals surface area contributed by atoms with Gasteiger partial charge in [0.05, 0.1) is 39.9 Å². The normalized spacial score (nSPS) is 14.9. The van der Waals surface area contributed by atoms with Gasteiger partial charge in [0.25, 0.3) is 0 Å². The second-order valence-electron chi connectivity index (χ2n) is 16.1. The van der Waals surface area contributed by atoms with Gasteiger partial charge in [-0.2, -0.15) is 0 Å². The van der Waals surface area contributed by atoms with E-state index < -0.39 is 20.0 Å². The maximum atomic E-state index is 12.8. The van der Waals surface area contributed by atoms with E-state index in [4.69, 9.17) is 9.05 Å². The summed E-state index contributed by atoms with van der Waals surface area (Å²) in [6.07, 6.45) is 45.8. The van der Waals surface area contributed by atoms with Crippen LogP contribution in [0.2, 0.25) is 0 Å². The molecule has 0 aromatic rings. The minimum Gasteiger partial charge on any atom is -0.391 e. The first-order valence-corrected chi connectivity index (χ1v) is 23.5. The molecular weight excluding hydrogens is 695 g/mol. The lowest BCUT2D eigenvalue weighted by atomic mass is 10.0. The molecule has 0 fully saturated rings. The molecule has 0 rings (SSSR count). The maximum Gasteiger partial charge on any atom is 0.472 e. The minimum absolute atomic E-state index is 0.0627. The van der Waals surface area contributed by atoms with Gasteiger partial charge in [0.15, 0.2) is 0 Å². The Balaban J connectivity index is 4.44. The zero-order chi connectivity index (χ0) is 40.0. The first-order valence-electron chi connectivity index (χ1n) is 22.0. The SMILES string of the molecule is CCCCCCCCC/C=C/C/C=C/C/C=C/C/C=C/CCCC(=O)N[C@@H](COP(=O)(O)OCC[N+](C)(C)C)[C@H](O)CCCCCCCCCCCCC. The third-order valence-corrected chi connectivity index (χ3v) is 10.6. The van der Waals surface area contributed by atoms with Crippen molar-refractivity contribution in [2.75, 3.05) is 40.9 Å². The Kier molecular flexibility index (Phi) is 36.0. The van der Waals surface area contributed by atoms with Crippen LogP contribution in [-0.2, 0) is 18.4 Å². The molecule has 54 heavy (non-hydrogen) atoms. The molecule has 3 N–H and O–H groups in total. The molecule has 0 aliphatic heterocycles. The van der Waals surface area contributed by atoms with E-state index in [0.717, 1.165) is 44.9 Å². The van der Waals surface area contributed by atoms with Crippen LogP contribution in [0.3, 0.4) is 0 Å². The van der Waals surface area contributed by atoms with Crippen LogP contribution in [0, 0.1) is 0 Å². The highest BCUT2D eigenvalue weighted by atomic mass is 31.2. The van der Waals surface area contributed by atoms with Gasteiger partial charge in [-0.15, -0.1) is 0 Å². The first kappa shape index (κ1) is 52.5. The number of phosphoric ester groups is 1. The van der Waals surface area contributed by atoms with E-state index in [1.807, 2.05) is 21.1 Å². The molecular formula is C45H86N2O6P+. The summed E-state index contributed by atoms with van der Waals surface area (Å²) in [7, 11) is 1.57. The number of carbonyl (C=O) groups excluding carboxylic acids is 1. The second-order valence-corrected chi connectivity index (χ2v) is 17.5. The number of aliphatic hydroxyl groups excluding tert-OH is 1. The van der Waals surface area contributed by atoms with Crippen molar-refractivity contribution >= 4 is 13.7 Å². The molecule has 0 saturated heterocycles. The number of unbranched alkanes of at least 4 members (excludes halogenated alkanes) is 18. The summed E-state index contributed by atoms with van der Waals surface area (Å²) in [6, 6.07) is -0.788. The number of aliphatic hydroxyl groups is 1. The van der Waals surface area contributed by atoms with Crippen LogP contribution in [0.4, 0.5) is 0 Å². The van der Waals surface area contributed by atoms with Crippen molar-refractivity contribution < 1.29 is 32.9 Å². The van der Waals surface area contributed by atoms with Gasteiger partial charge in [0.1, 0.15) is 13.2 Å². The van der Waals surface area contributed by atoms with Gasteiger partial charge >= 0.3 is 7.82 Å². The summed E-state index contributed by atoms with van der Waals surface area (Å²) in [5.41, 5.74) is 0. The highest BCUT2D eigenvalue weighted by Crippen LogP contribution is 2.43. The van der Waals surface area contributed by atoms with Crippen LogP contribution < -0.4 is 5.32 Å². The zero-order valence-corrected chi connectivity index (χ0v) is 36.6.